The molecule has 0 atom stereocenters. The molecule has 1 aliphatic rings. The molecule has 7 heteroatoms. The number of carbonyl (C=O) groups excluding carboxylic acids is 1. The number of carbonyl (C=O) groups is 1. The number of thioether (sulfide) groups is 1. The van der Waals surface area contributed by atoms with Gasteiger partial charge in [-0.3, -0.25) is 14.2 Å². The molecule has 5 rings (SSSR count). The molecule has 1 aliphatic carbocycles. The molecule has 2 aromatic carbocycles. The molecule has 35 heavy (non-hydrogen) atoms. The minimum absolute atomic E-state index is 0.0314. The van der Waals surface area contributed by atoms with Crippen molar-refractivity contribution in [1.82, 2.24) is 9.55 Å². The van der Waals surface area contributed by atoms with Crippen LogP contribution in [0, 0.1) is 13.8 Å². The van der Waals surface area contributed by atoms with Crippen LogP contribution in [0.2, 0.25) is 0 Å². The van der Waals surface area contributed by atoms with Crippen molar-refractivity contribution in [2.75, 3.05) is 11.1 Å². The summed E-state index contributed by atoms with van der Waals surface area (Å²) >= 11 is 2.95. The van der Waals surface area contributed by atoms with E-state index in [0.717, 1.165) is 64.8 Å². The summed E-state index contributed by atoms with van der Waals surface area (Å²) in [4.78, 5) is 33.7. The summed E-state index contributed by atoms with van der Waals surface area (Å²) in [6, 6.07) is 13.9. The zero-order valence-corrected chi connectivity index (χ0v) is 21.9. The molecule has 2 heterocycles. The number of anilines is 1. The SMILES string of the molecule is CCc1ccc(-n2c(SCC(=O)Nc3cccc(C)c3C)nc3sc4c(c3c2=O)CCCC4)cc1. The number of amides is 1. The Morgan fingerprint density at radius 2 is 1.89 bits per heavy atom. The first-order valence-corrected chi connectivity index (χ1v) is 13.9. The molecule has 0 saturated carbocycles. The minimum atomic E-state index is -0.114. The average Bonchev–Trinajstić information content (AvgIpc) is 3.24. The second kappa shape index (κ2) is 9.99. The topological polar surface area (TPSA) is 64.0 Å². The van der Waals surface area contributed by atoms with Crippen molar-refractivity contribution < 1.29 is 4.79 Å². The van der Waals surface area contributed by atoms with E-state index in [1.165, 1.54) is 27.8 Å². The maximum atomic E-state index is 13.9. The third kappa shape index (κ3) is 4.67. The smallest absolute Gasteiger partial charge is 0.267 e. The fourth-order valence-electron chi connectivity index (χ4n) is 4.59. The summed E-state index contributed by atoms with van der Waals surface area (Å²) in [5.41, 5.74) is 6.15. The highest BCUT2D eigenvalue weighted by Crippen LogP contribution is 2.35. The highest BCUT2D eigenvalue weighted by atomic mass is 32.2. The predicted molar refractivity (Wildman–Crippen MR) is 147 cm³/mol. The molecular formula is C28H29N3O2S2. The van der Waals surface area contributed by atoms with Gasteiger partial charge >= 0.3 is 0 Å². The second-order valence-electron chi connectivity index (χ2n) is 9.03. The molecule has 5 nitrogen and oxygen atoms in total. The number of nitrogens with one attached hydrogen (secondary N) is 1. The minimum Gasteiger partial charge on any atom is -0.325 e. The summed E-state index contributed by atoms with van der Waals surface area (Å²) in [5, 5.41) is 4.33. The van der Waals surface area contributed by atoms with E-state index in [1.54, 1.807) is 15.9 Å². The van der Waals surface area contributed by atoms with E-state index < -0.39 is 0 Å². The van der Waals surface area contributed by atoms with Gasteiger partial charge in [-0.05, 0) is 86.4 Å². The standard InChI is InChI=1S/C28H29N3O2S2/c1-4-19-12-14-20(15-13-19)31-27(33)25-21-9-5-6-11-23(21)35-26(25)30-28(31)34-16-24(32)29-22-10-7-8-17(2)18(22)3/h7-8,10,12-15H,4-6,9,11,16H2,1-3H3,(H,29,32). The molecule has 1 N–H and O–H groups in total. The van der Waals surface area contributed by atoms with Crippen LogP contribution in [-0.2, 0) is 24.1 Å². The molecule has 0 aliphatic heterocycles. The van der Waals surface area contributed by atoms with Gasteiger partial charge in [-0.2, -0.15) is 0 Å². The number of aromatic nitrogens is 2. The quantitative estimate of drug-likeness (QED) is 0.250. The Morgan fingerprint density at radius 3 is 2.66 bits per heavy atom. The number of nitrogens with zero attached hydrogens (tertiary/aromatic N) is 2. The van der Waals surface area contributed by atoms with Gasteiger partial charge < -0.3 is 5.32 Å². The van der Waals surface area contributed by atoms with E-state index in [-0.39, 0.29) is 17.2 Å². The number of benzene rings is 2. The Bertz CT molecular complexity index is 1470. The van der Waals surface area contributed by atoms with E-state index >= 15 is 0 Å². The van der Waals surface area contributed by atoms with Gasteiger partial charge in [0.1, 0.15) is 4.83 Å². The fourth-order valence-corrected chi connectivity index (χ4v) is 6.71. The molecule has 0 radical (unpaired) electrons. The second-order valence-corrected chi connectivity index (χ2v) is 11.1. The van der Waals surface area contributed by atoms with Crippen molar-refractivity contribution in [3.8, 4) is 5.69 Å². The van der Waals surface area contributed by atoms with Gasteiger partial charge in [-0.1, -0.05) is 43.0 Å². The monoisotopic (exact) mass is 503 g/mol. The number of fused-ring (bicyclic) bond motifs is 3. The van der Waals surface area contributed by atoms with Crippen LogP contribution in [0.4, 0.5) is 5.69 Å². The summed E-state index contributed by atoms with van der Waals surface area (Å²) in [7, 11) is 0. The predicted octanol–water partition coefficient (Wildman–Crippen LogP) is 6.24. The van der Waals surface area contributed by atoms with E-state index in [9.17, 15) is 9.59 Å². The number of hydrogen-bond donors (Lipinski definition) is 1. The largest absolute Gasteiger partial charge is 0.325 e. The van der Waals surface area contributed by atoms with Gasteiger partial charge in [0.15, 0.2) is 5.16 Å². The number of hydrogen-bond acceptors (Lipinski definition) is 5. The maximum Gasteiger partial charge on any atom is 0.267 e. The molecule has 0 spiro atoms. The first-order chi connectivity index (χ1) is 17.0. The van der Waals surface area contributed by atoms with Crippen molar-refractivity contribution in [3.63, 3.8) is 0 Å². The van der Waals surface area contributed by atoms with E-state index in [0.29, 0.717) is 5.16 Å². The van der Waals surface area contributed by atoms with Crippen molar-refractivity contribution >= 4 is 44.9 Å². The molecule has 1 amide bonds. The van der Waals surface area contributed by atoms with Gasteiger partial charge in [-0.25, -0.2) is 4.98 Å². The first kappa shape index (κ1) is 23.8. The van der Waals surface area contributed by atoms with Crippen LogP contribution in [0.25, 0.3) is 15.9 Å². The van der Waals surface area contributed by atoms with Crippen LogP contribution in [-0.4, -0.2) is 21.2 Å². The summed E-state index contributed by atoms with van der Waals surface area (Å²) < 4.78 is 1.69. The van der Waals surface area contributed by atoms with Gasteiger partial charge in [0.2, 0.25) is 5.91 Å². The van der Waals surface area contributed by atoms with Crippen molar-refractivity contribution in [3.05, 3.63) is 79.9 Å². The Morgan fingerprint density at radius 1 is 1.11 bits per heavy atom. The van der Waals surface area contributed by atoms with Crippen molar-refractivity contribution in [2.24, 2.45) is 0 Å². The van der Waals surface area contributed by atoms with Gasteiger partial charge in [0, 0.05) is 10.6 Å². The van der Waals surface area contributed by atoms with Gasteiger partial charge in [0.05, 0.1) is 16.8 Å². The average molecular weight is 504 g/mol. The normalized spacial score (nSPS) is 13.1. The highest BCUT2D eigenvalue weighted by molar-refractivity contribution is 7.99. The van der Waals surface area contributed by atoms with Gasteiger partial charge in [-0.15, -0.1) is 11.3 Å². The number of thiophene rings is 1. The fraction of sp³-hybridized carbons (Fsp3) is 0.321. The molecule has 180 valence electrons. The Hall–Kier alpha value is -2.90. The molecule has 0 fully saturated rings. The molecule has 0 unspecified atom stereocenters. The van der Waals surface area contributed by atoms with Crippen molar-refractivity contribution in [2.45, 2.75) is 58.0 Å². The summed E-state index contributed by atoms with van der Waals surface area (Å²) in [6.45, 7) is 6.15. The molecule has 4 aromatic rings. The summed E-state index contributed by atoms with van der Waals surface area (Å²) in [6.07, 6.45) is 5.16. The molecule has 2 aromatic heterocycles. The lowest BCUT2D eigenvalue weighted by atomic mass is 9.97. The van der Waals surface area contributed by atoms with E-state index in [1.807, 2.05) is 44.2 Å². The Labute approximate surface area is 213 Å². The zero-order chi connectivity index (χ0) is 24.5. The lowest BCUT2D eigenvalue weighted by molar-refractivity contribution is -0.113. The lowest BCUT2D eigenvalue weighted by Crippen LogP contribution is -2.23. The molecule has 0 saturated heterocycles. The molecular weight excluding hydrogens is 474 g/mol. The lowest BCUT2D eigenvalue weighted by Gasteiger charge is -2.14. The van der Waals surface area contributed by atoms with Gasteiger partial charge in [0.25, 0.3) is 5.56 Å². The number of rotatable bonds is 6. The third-order valence-corrected chi connectivity index (χ3v) is 8.90. The van der Waals surface area contributed by atoms with Crippen LogP contribution >= 0.6 is 23.1 Å². The van der Waals surface area contributed by atoms with E-state index in [4.69, 9.17) is 4.98 Å². The van der Waals surface area contributed by atoms with Crippen LogP contribution in [0.15, 0.2) is 52.4 Å². The first-order valence-electron chi connectivity index (χ1n) is 12.1. The van der Waals surface area contributed by atoms with Crippen LogP contribution in [0.5, 0.6) is 0 Å². The highest BCUT2D eigenvalue weighted by Gasteiger charge is 2.23. The van der Waals surface area contributed by atoms with Crippen LogP contribution < -0.4 is 10.9 Å². The Balaban J connectivity index is 1.52. The zero-order valence-electron chi connectivity index (χ0n) is 20.3. The van der Waals surface area contributed by atoms with E-state index in [2.05, 4.69) is 24.4 Å². The maximum absolute atomic E-state index is 13.9. The summed E-state index contributed by atoms with van der Waals surface area (Å²) in [5.74, 6) is 0.0557. The van der Waals surface area contributed by atoms with Crippen LogP contribution in [0.3, 0.4) is 0 Å². The Kier molecular flexibility index (Phi) is 6.80. The molecule has 0 bridgehead atoms. The van der Waals surface area contributed by atoms with Crippen LogP contribution in [0.1, 0.15) is 46.9 Å². The number of aryl methyl sites for hydroxylation is 4. The van der Waals surface area contributed by atoms with Crippen molar-refractivity contribution in [1.29, 1.82) is 0 Å². The third-order valence-electron chi connectivity index (χ3n) is 6.77.